The Bertz CT molecular complexity index is 487. The SMILES string of the molecule is COc1cc(Br)c(C(Cl)C(=O)C(C)=O)cc1OC. The molecular formula is C12H12BrClO4. The molecule has 0 fully saturated rings. The lowest BCUT2D eigenvalue weighted by molar-refractivity contribution is -0.135. The van der Waals surface area contributed by atoms with Crippen LogP contribution in [-0.4, -0.2) is 25.8 Å². The van der Waals surface area contributed by atoms with Crippen LogP contribution >= 0.6 is 27.5 Å². The molecular weight excluding hydrogens is 323 g/mol. The normalized spacial score (nSPS) is 11.8. The molecule has 0 aliphatic rings. The van der Waals surface area contributed by atoms with E-state index in [0.29, 0.717) is 21.5 Å². The minimum atomic E-state index is -1.04. The summed E-state index contributed by atoms with van der Waals surface area (Å²) < 4.78 is 10.8. The van der Waals surface area contributed by atoms with E-state index in [-0.39, 0.29) is 0 Å². The number of rotatable bonds is 5. The van der Waals surface area contributed by atoms with E-state index in [1.54, 1.807) is 12.1 Å². The van der Waals surface area contributed by atoms with Gasteiger partial charge in [-0.3, -0.25) is 9.59 Å². The van der Waals surface area contributed by atoms with Crippen molar-refractivity contribution in [2.75, 3.05) is 14.2 Å². The molecule has 0 N–H and O–H groups in total. The first-order valence-corrected chi connectivity index (χ1v) is 6.25. The predicted molar refractivity (Wildman–Crippen MR) is 71.5 cm³/mol. The quantitative estimate of drug-likeness (QED) is 0.613. The van der Waals surface area contributed by atoms with Crippen LogP contribution in [0.2, 0.25) is 0 Å². The standard InChI is InChI=1S/C12H12BrClO4/c1-6(15)12(16)11(14)7-4-9(17-2)10(18-3)5-8(7)13/h4-5,11H,1-3H3. The lowest BCUT2D eigenvalue weighted by Crippen LogP contribution is -2.16. The third-order valence-corrected chi connectivity index (χ3v) is 3.47. The second-order valence-corrected chi connectivity index (χ2v) is 4.80. The highest BCUT2D eigenvalue weighted by molar-refractivity contribution is 9.10. The lowest BCUT2D eigenvalue weighted by Gasteiger charge is -2.14. The molecule has 0 saturated carbocycles. The fourth-order valence-corrected chi connectivity index (χ4v) is 2.40. The summed E-state index contributed by atoms with van der Waals surface area (Å²) in [6.07, 6.45) is 0. The van der Waals surface area contributed by atoms with E-state index >= 15 is 0 Å². The van der Waals surface area contributed by atoms with Crippen molar-refractivity contribution in [3.05, 3.63) is 22.2 Å². The summed E-state index contributed by atoms with van der Waals surface area (Å²) in [4.78, 5) is 22.6. The van der Waals surface area contributed by atoms with E-state index in [4.69, 9.17) is 21.1 Å². The van der Waals surface area contributed by atoms with E-state index < -0.39 is 16.9 Å². The van der Waals surface area contributed by atoms with Crippen LogP contribution in [0.15, 0.2) is 16.6 Å². The van der Waals surface area contributed by atoms with Gasteiger partial charge in [0.15, 0.2) is 17.3 Å². The zero-order valence-electron chi connectivity index (χ0n) is 10.1. The van der Waals surface area contributed by atoms with Gasteiger partial charge in [0.2, 0.25) is 5.78 Å². The number of hydrogen-bond donors (Lipinski definition) is 0. The van der Waals surface area contributed by atoms with Crippen LogP contribution in [0.1, 0.15) is 17.9 Å². The van der Waals surface area contributed by atoms with Gasteiger partial charge in [0.1, 0.15) is 5.38 Å². The van der Waals surface area contributed by atoms with Gasteiger partial charge in [-0.15, -0.1) is 11.6 Å². The molecule has 1 unspecified atom stereocenters. The molecule has 1 atom stereocenters. The van der Waals surface area contributed by atoms with Crippen molar-refractivity contribution in [3.8, 4) is 11.5 Å². The molecule has 0 radical (unpaired) electrons. The molecule has 0 aliphatic heterocycles. The Balaban J connectivity index is 3.25. The average Bonchev–Trinajstić information content (AvgIpc) is 2.36. The Kier molecular flexibility index (Phi) is 5.16. The predicted octanol–water partition coefficient (Wildman–Crippen LogP) is 2.90. The lowest BCUT2D eigenvalue weighted by atomic mass is 10.1. The fraction of sp³-hybridized carbons (Fsp3) is 0.333. The molecule has 0 amide bonds. The minimum absolute atomic E-state index is 0.442. The molecule has 6 heteroatoms. The molecule has 1 aromatic carbocycles. The maximum absolute atomic E-state index is 11.6. The van der Waals surface area contributed by atoms with Gasteiger partial charge in [0, 0.05) is 11.4 Å². The Labute approximate surface area is 118 Å². The number of carbonyl (C=O) groups is 2. The van der Waals surface area contributed by atoms with Crippen molar-refractivity contribution in [3.63, 3.8) is 0 Å². The van der Waals surface area contributed by atoms with E-state index in [1.807, 2.05) is 0 Å². The summed E-state index contributed by atoms with van der Waals surface area (Å²) in [5.41, 5.74) is 0.467. The first-order valence-electron chi connectivity index (χ1n) is 5.02. The Morgan fingerprint density at radius 3 is 2.17 bits per heavy atom. The molecule has 0 aromatic heterocycles. The summed E-state index contributed by atoms with van der Waals surface area (Å²) >= 11 is 9.27. The highest BCUT2D eigenvalue weighted by atomic mass is 79.9. The van der Waals surface area contributed by atoms with Gasteiger partial charge in [-0.1, -0.05) is 15.9 Å². The average molecular weight is 336 g/mol. The van der Waals surface area contributed by atoms with Gasteiger partial charge in [0.25, 0.3) is 0 Å². The zero-order chi connectivity index (χ0) is 13.9. The first-order chi connectivity index (χ1) is 8.42. The maximum Gasteiger partial charge on any atom is 0.220 e. The van der Waals surface area contributed by atoms with Gasteiger partial charge in [-0.2, -0.15) is 0 Å². The Morgan fingerprint density at radius 1 is 1.22 bits per heavy atom. The molecule has 0 saturated heterocycles. The minimum Gasteiger partial charge on any atom is -0.493 e. The number of alkyl halides is 1. The van der Waals surface area contributed by atoms with Crippen molar-refractivity contribution in [1.82, 2.24) is 0 Å². The molecule has 4 nitrogen and oxygen atoms in total. The fourth-order valence-electron chi connectivity index (χ4n) is 1.38. The van der Waals surface area contributed by atoms with Crippen LogP contribution in [0.5, 0.6) is 11.5 Å². The molecule has 0 bridgehead atoms. The molecule has 98 valence electrons. The van der Waals surface area contributed by atoms with Crippen molar-refractivity contribution < 1.29 is 19.1 Å². The number of benzene rings is 1. The van der Waals surface area contributed by atoms with Crippen molar-refractivity contribution in [1.29, 1.82) is 0 Å². The van der Waals surface area contributed by atoms with Gasteiger partial charge in [0.05, 0.1) is 14.2 Å². The number of halogens is 2. The Hall–Kier alpha value is -1.07. The van der Waals surface area contributed by atoms with Gasteiger partial charge >= 0.3 is 0 Å². The monoisotopic (exact) mass is 334 g/mol. The topological polar surface area (TPSA) is 52.6 Å². The second kappa shape index (κ2) is 6.20. The summed E-state index contributed by atoms with van der Waals surface area (Å²) in [5, 5.41) is -1.04. The number of methoxy groups -OCH3 is 2. The molecule has 1 rings (SSSR count). The molecule has 0 heterocycles. The maximum atomic E-state index is 11.6. The van der Waals surface area contributed by atoms with Gasteiger partial charge < -0.3 is 9.47 Å². The highest BCUT2D eigenvalue weighted by Crippen LogP contribution is 2.38. The van der Waals surface area contributed by atoms with E-state index in [1.165, 1.54) is 21.1 Å². The van der Waals surface area contributed by atoms with Crippen LogP contribution < -0.4 is 9.47 Å². The molecule has 0 aliphatic carbocycles. The number of ether oxygens (including phenoxy) is 2. The van der Waals surface area contributed by atoms with Crippen LogP contribution in [0.3, 0.4) is 0 Å². The molecule has 18 heavy (non-hydrogen) atoms. The number of Topliss-reactive ketones (excluding diaryl/α,β-unsaturated/α-hetero) is 2. The first kappa shape index (κ1) is 15.0. The Morgan fingerprint density at radius 2 is 1.72 bits per heavy atom. The number of hydrogen-bond acceptors (Lipinski definition) is 4. The van der Waals surface area contributed by atoms with E-state index in [9.17, 15) is 9.59 Å². The smallest absolute Gasteiger partial charge is 0.220 e. The summed E-state index contributed by atoms with van der Waals surface area (Å²) in [6.45, 7) is 1.19. The largest absolute Gasteiger partial charge is 0.493 e. The molecule has 0 spiro atoms. The zero-order valence-corrected chi connectivity index (χ0v) is 12.5. The third kappa shape index (κ3) is 3.03. The van der Waals surface area contributed by atoms with Crippen molar-refractivity contribution in [2.45, 2.75) is 12.3 Å². The summed E-state index contributed by atoms with van der Waals surface area (Å²) in [5.74, 6) is -0.300. The summed E-state index contributed by atoms with van der Waals surface area (Å²) in [7, 11) is 2.98. The molecule has 1 aromatic rings. The van der Waals surface area contributed by atoms with Crippen LogP contribution in [0.25, 0.3) is 0 Å². The van der Waals surface area contributed by atoms with E-state index in [2.05, 4.69) is 15.9 Å². The van der Waals surface area contributed by atoms with Crippen LogP contribution in [-0.2, 0) is 9.59 Å². The van der Waals surface area contributed by atoms with Crippen molar-refractivity contribution >= 4 is 39.1 Å². The van der Waals surface area contributed by atoms with Crippen molar-refractivity contribution in [2.24, 2.45) is 0 Å². The van der Waals surface area contributed by atoms with Crippen LogP contribution in [0, 0.1) is 0 Å². The number of ketones is 2. The second-order valence-electron chi connectivity index (χ2n) is 3.51. The van der Waals surface area contributed by atoms with Gasteiger partial charge in [-0.25, -0.2) is 0 Å². The number of carbonyl (C=O) groups excluding carboxylic acids is 2. The summed E-state index contributed by atoms with van der Waals surface area (Å²) in [6, 6.07) is 3.21. The third-order valence-electron chi connectivity index (χ3n) is 2.35. The van der Waals surface area contributed by atoms with E-state index in [0.717, 1.165) is 0 Å². The van der Waals surface area contributed by atoms with Gasteiger partial charge in [-0.05, 0) is 17.7 Å². The van der Waals surface area contributed by atoms with Crippen LogP contribution in [0.4, 0.5) is 0 Å². The highest BCUT2D eigenvalue weighted by Gasteiger charge is 2.25.